The van der Waals surface area contributed by atoms with Gasteiger partial charge in [0.05, 0.1) is 7.11 Å². The topological polar surface area (TPSA) is 59.7 Å². The maximum absolute atomic E-state index is 11.8. The van der Waals surface area contributed by atoms with Gasteiger partial charge in [0.1, 0.15) is 5.56 Å². The van der Waals surface area contributed by atoms with Gasteiger partial charge in [-0.2, -0.15) is 0 Å². The summed E-state index contributed by atoms with van der Waals surface area (Å²) in [5.41, 5.74) is 2.39. The van der Waals surface area contributed by atoms with Crippen molar-refractivity contribution >= 4 is 16.9 Å². The first-order valence-electron chi connectivity index (χ1n) is 5.50. The number of hydrogen-bond donors (Lipinski definition) is 1. The molecule has 1 aromatic heterocycles. The average molecular weight is 246 g/mol. The Bertz CT molecular complexity index is 622. The second-order valence-corrected chi connectivity index (χ2v) is 4.23. The Hall–Kier alpha value is -2.23. The minimum Gasteiger partial charge on any atom is -0.481 e. The Balaban J connectivity index is 2.69. The van der Waals surface area contributed by atoms with Gasteiger partial charge in [-0.15, -0.1) is 0 Å². The molecule has 2 aromatic rings. The molecule has 0 unspecified atom stereocenters. The van der Waals surface area contributed by atoms with Crippen LogP contribution >= 0.6 is 0 Å². The highest BCUT2D eigenvalue weighted by Crippen LogP contribution is 2.30. The van der Waals surface area contributed by atoms with E-state index in [1.807, 2.05) is 13.0 Å². The second-order valence-electron chi connectivity index (χ2n) is 4.23. The average Bonchev–Trinajstić information content (AvgIpc) is 2.67. The lowest BCUT2D eigenvalue weighted by Crippen LogP contribution is -2.06. The van der Waals surface area contributed by atoms with Crippen LogP contribution in [-0.2, 0) is 11.2 Å². The van der Waals surface area contributed by atoms with Crippen molar-refractivity contribution in [3.63, 3.8) is 0 Å². The van der Waals surface area contributed by atoms with E-state index < -0.39 is 5.97 Å². The molecule has 4 heteroatoms. The third kappa shape index (κ3) is 2.09. The quantitative estimate of drug-likeness (QED) is 0.668. The maximum atomic E-state index is 11.8. The number of hydrogen-bond acceptors (Lipinski definition) is 4. The van der Waals surface area contributed by atoms with Crippen molar-refractivity contribution in [2.45, 2.75) is 13.3 Å². The number of carbonyl (C=O) groups is 1. The third-order valence-electron chi connectivity index (χ3n) is 2.64. The largest absolute Gasteiger partial charge is 0.481 e. The van der Waals surface area contributed by atoms with Gasteiger partial charge in [0.15, 0.2) is 5.58 Å². The second kappa shape index (κ2) is 4.56. The van der Waals surface area contributed by atoms with Gasteiger partial charge in [-0.05, 0) is 18.9 Å². The van der Waals surface area contributed by atoms with Crippen molar-refractivity contribution in [1.82, 2.24) is 0 Å². The number of rotatable bonds is 3. The van der Waals surface area contributed by atoms with Crippen LogP contribution in [-0.4, -0.2) is 18.2 Å². The van der Waals surface area contributed by atoms with Gasteiger partial charge in [0, 0.05) is 11.5 Å². The molecule has 0 amide bonds. The minimum absolute atomic E-state index is 0.220. The summed E-state index contributed by atoms with van der Waals surface area (Å²) in [7, 11) is 1.31. The molecule has 0 aliphatic rings. The Morgan fingerprint density at radius 1 is 1.50 bits per heavy atom. The Morgan fingerprint density at radius 3 is 2.83 bits per heavy atom. The van der Waals surface area contributed by atoms with Gasteiger partial charge in [0.25, 0.3) is 5.95 Å². The van der Waals surface area contributed by atoms with Crippen LogP contribution in [0.3, 0.4) is 0 Å². The van der Waals surface area contributed by atoms with E-state index in [1.165, 1.54) is 13.2 Å². The number of methoxy groups -OCH3 is 1. The summed E-state index contributed by atoms with van der Waals surface area (Å²) in [5, 5.41) is 10.0. The van der Waals surface area contributed by atoms with E-state index in [2.05, 4.69) is 6.58 Å². The summed E-state index contributed by atoms with van der Waals surface area (Å²) in [5.74, 6) is -0.700. The summed E-state index contributed by atoms with van der Waals surface area (Å²) in [6.45, 7) is 5.71. The van der Waals surface area contributed by atoms with Crippen molar-refractivity contribution in [1.29, 1.82) is 0 Å². The lowest BCUT2D eigenvalue weighted by molar-refractivity contribution is 0.0600. The number of benzene rings is 1. The van der Waals surface area contributed by atoms with E-state index in [0.29, 0.717) is 23.0 Å². The molecular formula is C14H14O4. The molecule has 4 nitrogen and oxygen atoms in total. The molecular weight excluding hydrogens is 232 g/mol. The Labute approximate surface area is 104 Å². The molecule has 0 fully saturated rings. The summed E-state index contributed by atoms with van der Waals surface area (Å²) in [4.78, 5) is 11.8. The fourth-order valence-corrected chi connectivity index (χ4v) is 1.93. The van der Waals surface area contributed by atoms with Crippen LogP contribution in [0.25, 0.3) is 11.0 Å². The smallest absolute Gasteiger partial charge is 0.341 e. The van der Waals surface area contributed by atoms with Crippen LogP contribution in [0.5, 0.6) is 5.95 Å². The highest BCUT2D eigenvalue weighted by atomic mass is 16.5. The van der Waals surface area contributed by atoms with Crippen molar-refractivity contribution in [2.24, 2.45) is 0 Å². The first kappa shape index (κ1) is 12.2. The standard InChI is InChI=1S/C14H14O4/c1-8(2)6-9-4-5-10-7-11(15)18-13(10)12(9)14(16)17-3/h4-5,7,15H,1,6H2,2-3H3. The van der Waals surface area contributed by atoms with Crippen molar-refractivity contribution in [3.8, 4) is 5.95 Å². The molecule has 0 saturated carbocycles. The molecule has 18 heavy (non-hydrogen) atoms. The number of fused-ring (bicyclic) bond motifs is 1. The summed E-state index contributed by atoms with van der Waals surface area (Å²) >= 11 is 0. The molecule has 0 aliphatic carbocycles. The number of aromatic hydroxyl groups is 1. The number of ether oxygens (including phenoxy) is 1. The molecule has 0 spiro atoms. The van der Waals surface area contributed by atoms with E-state index in [-0.39, 0.29) is 5.95 Å². The molecule has 0 saturated heterocycles. The molecule has 1 N–H and O–H groups in total. The number of furan rings is 1. The lowest BCUT2D eigenvalue weighted by atomic mass is 9.99. The molecule has 94 valence electrons. The first-order chi connectivity index (χ1) is 8.52. The van der Waals surface area contributed by atoms with Crippen molar-refractivity contribution in [2.75, 3.05) is 7.11 Å². The maximum Gasteiger partial charge on any atom is 0.341 e. The van der Waals surface area contributed by atoms with Crippen LogP contribution < -0.4 is 0 Å². The summed E-state index contributed by atoms with van der Waals surface area (Å²) in [6, 6.07) is 5.08. The highest BCUT2D eigenvalue weighted by Gasteiger charge is 2.19. The number of esters is 1. The van der Waals surface area contributed by atoms with E-state index in [0.717, 1.165) is 11.1 Å². The predicted octanol–water partition coefficient (Wildman–Crippen LogP) is 3.04. The van der Waals surface area contributed by atoms with Crippen LogP contribution in [0, 0.1) is 0 Å². The van der Waals surface area contributed by atoms with Gasteiger partial charge in [-0.25, -0.2) is 4.79 Å². The van der Waals surface area contributed by atoms with Gasteiger partial charge >= 0.3 is 5.97 Å². The molecule has 1 aromatic carbocycles. The van der Waals surface area contributed by atoms with Crippen LogP contribution in [0.1, 0.15) is 22.8 Å². The number of carbonyl (C=O) groups excluding carboxylic acids is 1. The van der Waals surface area contributed by atoms with E-state index in [4.69, 9.17) is 9.15 Å². The Morgan fingerprint density at radius 2 is 2.22 bits per heavy atom. The van der Waals surface area contributed by atoms with E-state index >= 15 is 0 Å². The summed E-state index contributed by atoms with van der Waals surface area (Å²) in [6.07, 6.45) is 0.557. The molecule has 0 aliphatic heterocycles. The van der Waals surface area contributed by atoms with Crippen LogP contribution in [0.15, 0.2) is 34.8 Å². The monoisotopic (exact) mass is 246 g/mol. The molecule has 1 heterocycles. The zero-order valence-corrected chi connectivity index (χ0v) is 10.3. The van der Waals surface area contributed by atoms with Gasteiger partial charge in [-0.1, -0.05) is 24.3 Å². The third-order valence-corrected chi connectivity index (χ3v) is 2.64. The first-order valence-corrected chi connectivity index (χ1v) is 5.50. The SMILES string of the molecule is C=C(C)Cc1ccc2cc(O)oc2c1C(=O)OC. The van der Waals surface area contributed by atoms with Crippen molar-refractivity contribution in [3.05, 3.63) is 41.5 Å². The van der Waals surface area contributed by atoms with Gasteiger partial charge in [0.2, 0.25) is 0 Å². The summed E-state index contributed by atoms with van der Waals surface area (Å²) < 4.78 is 9.93. The lowest BCUT2D eigenvalue weighted by Gasteiger charge is -2.08. The van der Waals surface area contributed by atoms with Crippen LogP contribution in [0.2, 0.25) is 0 Å². The predicted molar refractivity (Wildman–Crippen MR) is 67.7 cm³/mol. The molecule has 0 atom stereocenters. The zero-order valence-electron chi connectivity index (χ0n) is 10.3. The van der Waals surface area contributed by atoms with Crippen LogP contribution in [0.4, 0.5) is 0 Å². The zero-order chi connectivity index (χ0) is 13.3. The van der Waals surface area contributed by atoms with E-state index in [9.17, 15) is 9.90 Å². The fraction of sp³-hybridized carbons (Fsp3) is 0.214. The minimum atomic E-state index is -0.480. The Kier molecular flexibility index (Phi) is 3.10. The van der Waals surface area contributed by atoms with E-state index in [1.54, 1.807) is 6.07 Å². The number of allylic oxidation sites excluding steroid dienone is 1. The molecule has 0 bridgehead atoms. The molecule has 2 rings (SSSR count). The fourth-order valence-electron chi connectivity index (χ4n) is 1.93. The van der Waals surface area contributed by atoms with Crippen molar-refractivity contribution < 1.29 is 19.1 Å². The van der Waals surface area contributed by atoms with Gasteiger partial charge in [-0.3, -0.25) is 0 Å². The highest BCUT2D eigenvalue weighted by molar-refractivity contribution is 6.03. The molecule has 0 radical (unpaired) electrons. The normalized spacial score (nSPS) is 10.6. The van der Waals surface area contributed by atoms with Gasteiger partial charge < -0.3 is 14.3 Å².